The number of hydrogen-bond acceptors (Lipinski definition) is 7. The fourth-order valence-corrected chi connectivity index (χ4v) is 5.70. The Morgan fingerprint density at radius 1 is 1.29 bits per heavy atom. The lowest BCUT2D eigenvalue weighted by atomic mass is 9.81. The van der Waals surface area contributed by atoms with Gasteiger partial charge in [-0.25, -0.2) is 9.97 Å². The van der Waals surface area contributed by atoms with Crippen LogP contribution < -0.4 is 10.1 Å². The third kappa shape index (κ3) is 4.52. The van der Waals surface area contributed by atoms with Crippen LogP contribution in [0.2, 0.25) is 5.02 Å². The van der Waals surface area contributed by atoms with Crippen LogP contribution in [-0.2, 0) is 10.4 Å². The van der Waals surface area contributed by atoms with Gasteiger partial charge >= 0.3 is 0 Å². The van der Waals surface area contributed by atoms with Crippen molar-refractivity contribution in [2.45, 2.75) is 24.9 Å². The molecule has 3 heterocycles. The lowest BCUT2D eigenvalue weighted by molar-refractivity contribution is -0.116. The van der Waals surface area contributed by atoms with Crippen molar-refractivity contribution in [2.75, 3.05) is 33.1 Å². The van der Waals surface area contributed by atoms with Crippen molar-refractivity contribution in [3.05, 3.63) is 46.7 Å². The van der Waals surface area contributed by atoms with Crippen LogP contribution in [0.1, 0.15) is 24.3 Å². The fourth-order valence-electron chi connectivity index (χ4n) is 4.26. The highest BCUT2D eigenvalue weighted by Crippen LogP contribution is 2.46. The first kappa shape index (κ1) is 23.7. The standard InChI is InChI=1S/C25H26ClN5O3S/c1-31(2)13-21(32)29-14-5-6-15(19(9-14)34-3)18-10-16-22(17(26)11-27-23(16)30-18)20-12-28-24(35-20)25(33)7-4-8-25/h5-6,9-12,33H,4,7-8,13H2,1-3H3,(H,27,30)(H,29,32). The molecule has 10 heteroatoms. The van der Waals surface area contributed by atoms with E-state index in [0.29, 0.717) is 22.1 Å². The summed E-state index contributed by atoms with van der Waals surface area (Å²) in [5.41, 5.74) is 2.98. The molecule has 1 amide bonds. The van der Waals surface area contributed by atoms with Crippen LogP contribution in [0.4, 0.5) is 5.69 Å². The highest BCUT2D eigenvalue weighted by atomic mass is 35.5. The molecule has 35 heavy (non-hydrogen) atoms. The molecule has 0 unspecified atom stereocenters. The van der Waals surface area contributed by atoms with Gasteiger partial charge in [0.05, 0.1) is 29.2 Å². The maximum Gasteiger partial charge on any atom is 0.238 e. The number of thiazole rings is 1. The first-order valence-electron chi connectivity index (χ1n) is 11.3. The van der Waals surface area contributed by atoms with Crippen molar-refractivity contribution in [1.82, 2.24) is 19.9 Å². The Kier molecular flexibility index (Phi) is 6.27. The lowest BCUT2D eigenvalue weighted by Gasteiger charge is -2.34. The maximum atomic E-state index is 12.1. The number of fused-ring (bicyclic) bond motifs is 1. The summed E-state index contributed by atoms with van der Waals surface area (Å²) in [5, 5.41) is 15.7. The van der Waals surface area contributed by atoms with E-state index in [0.717, 1.165) is 51.4 Å². The molecule has 0 atom stereocenters. The van der Waals surface area contributed by atoms with Crippen molar-refractivity contribution >= 4 is 45.6 Å². The van der Waals surface area contributed by atoms with Gasteiger partial charge in [0.2, 0.25) is 5.91 Å². The number of amides is 1. The Bertz CT molecular complexity index is 1410. The Balaban J connectivity index is 1.51. The van der Waals surface area contributed by atoms with Crippen LogP contribution in [0.3, 0.4) is 0 Å². The number of nitrogens with one attached hydrogen (secondary N) is 2. The molecule has 182 valence electrons. The predicted octanol–water partition coefficient (Wildman–Crippen LogP) is 4.89. The number of methoxy groups -OCH3 is 1. The molecule has 1 aliphatic rings. The Hall–Kier alpha value is -2.98. The van der Waals surface area contributed by atoms with Crippen molar-refractivity contribution in [3.8, 4) is 27.4 Å². The molecule has 0 radical (unpaired) electrons. The molecule has 3 N–H and O–H groups in total. The zero-order valence-electron chi connectivity index (χ0n) is 19.7. The minimum absolute atomic E-state index is 0.102. The minimum Gasteiger partial charge on any atom is -0.496 e. The molecule has 0 spiro atoms. The van der Waals surface area contributed by atoms with Gasteiger partial charge in [-0.1, -0.05) is 11.6 Å². The van der Waals surface area contributed by atoms with Gasteiger partial charge < -0.3 is 25.0 Å². The molecule has 1 aliphatic carbocycles. The van der Waals surface area contributed by atoms with E-state index in [1.807, 2.05) is 32.3 Å². The summed E-state index contributed by atoms with van der Waals surface area (Å²) < 4.78 is 5.63. The molecule has 1 fully saturated rings. The first-order valence-corrected chi connectivity index (χ1v) is 12.5. The van der Waals surface area contributed by atoms with Gasteiger partial charge in [0, 0.05) is 40.7 Å². The van der Waals surface area contributed by atoms with Gasteiger partial charge in [-0.2, -0.15) is 0 Å². The zero-order chi connectivity index (χ0) is 24.7. The number of aliphatic hydroxyl groups is 1. The van der Waals surface area contributed by atoms with Crippen LogP contribution in [0.5, 0.6) is 5.75 Å². The zero-order valence-corrected chi connectivity index (χ0v) is 21.3. The van der Waals surface area contributed by atoms with Gasteiger partial charge in [-0.05, 0) is 51.6 Å². The monoisotopic (exact) mass is 511 g/mol. The largest absolute Gasteiger partial charge is 0.496 e. The van der Waals surface area contributed by atoms with Gasteiger partial charge in [-0.15, -0.1) is 11.3 Å². The van der Waals surface area contributed by atoms with E-state index in [1.54, 1.807) is 30.5 Å². The van der Waals surface area contributed by atoms with Crippen LogP contribution in [0.25, 0.3) is 32.7 Å². The maximum absolute atomic E-state index is 12.1. The molecular weight excluding hydrogens is 486 g/mol. The average molecular weight is 512 g/mol. The van der Waals surface area contributed by atoms with E-state index in [4.69, 9.17) is 16.3 Å². The minimum atomic E-state index is -0.818. The number of likely N-dealkylation sites (N-methyl/N-ethyl adjacent to an activating group) is 1. The molecular formula is C25H26ClN5O3S. The molecule has 1 saturated carbocycles. The van der Waals surface area contributed by atoms with Crippen molar-refractivity contribution < 1.29 is 14.6 Å². The number of H-pyrrole nitrogens is 1. The summed E-state index contributed by atoms with van der Waals surface area (Å²) in [7, 11) is 5.28. The summed E-state index contributed by atoms with van der Waals surface area (Å²) >= 11 is 8.07. The number of hydrogen-bond donors (Lipinski definition) is 3. The smallest absolute Gasteiger partial charge is 0.238 e. The SMILES string of the molecule is COc1cc(NC(=O)CN(C)C)ccc1-c1cc2c(-c3cnc(C4(O)CCC4)s3)c(Cl)cnc2[nH]1. The number of pyridine rings is 1. The number of nitrogens with zero attached hydrogens (tertiary/aromatic N) is 3. The fraction of sp³-hybridized carbons (Fsp3) is 0.320. The normalized spacial score (nSPS) is 14.8. The van der Waals surface area contributed by atoms with Crippen molar-refractivity contribution in [2.24, 2.45) is 0 Å². The molecule has 0 bridgehead atoms. The number of rotatable bonds is 7. The van der Waals surface area contributed by atoms with Gasteiger partial charge in [0.25, 0.3) is 0 Å². The summed E-state index contributed by atoms with van der Waals surface area (Å²) in [6, 6.07) is 7.52. The molecule has 8 nitrogen and oxygen atoms in total. The Labute approximate surface area is 211 Å². The summed E-state index contributed by atoms with van der Waals surface area (Å²) in [5.74, 6) is 0.508. The van der Waals surface area contributed by atoms with E-state index in [-0.39, 0.29) is 12.5 Å². The van der Waals surface area contributed by atoms with Crippen LogP contribution in [-0.4, -0.2) is 58.6 Å². The topological polar surface area (TPSA) is 103 Å². The number of aromatic nitrogens is 3. The van der Waals surface area contributed by atoms with Crippen LogP contribution >= 0.6 is 22.9 Å². The molecule has 0 saturated heterocycles. The van der Waals surface area contributed by atoms with Gasteiger partial charge in [0.15, 0.2) is 0 Å². The average Bonchev–Trinajstić information content (AvgIpc) is 3.44. The third-order valence-electron chi connectivity index (χ3n) is 6.18. The number of carbonyl (C=O) groups is 1. The highest BCUT2D eigenvalue weighted by Gasteiger charge is 2.39. The van der Waals surface area contributed by atoms with E-state index in [9.17, 15) is 9.90 Å². The number of halogens is 1. The Morgan fingerprint density at radius 3 is 2.77 bits per heavy atom. The van der Waals surface area contributed by atoms with Crippen molar-refractivity contribution in [3.63, 3.8) is 0 Å². The molecule has 1 aromatic carbocycles. The van der Waals surface area contributed by atoms with E-state index < -0.39 is 5.60 Å². The first-order chi connectivity index (χ1) is 16.8. The molecule has 4 aromatic rings. The predicted molar refractivity (Wildman–Crippen MR) is 139 cm³/mol. The van der Waals surface area contributed by atoms with E-state index in [2.05, 4.69) is 20.3 Å². The van der Waals surface area contributed by atoms with E-state index >= 15 is 0 Å². The molecule has 5 rings (SSSR count). The van der Waals surface area contributed by atoms with Crippen molar-refractivity contribution in [1.29, 1.82) is 0 Å². The molecule has 3 aromatic heterocycles. The van der Waals surface area contributed by atoms with Crippen LogP contribution in [0.15, 0.2) is 36.7 Å². The van der Waals surface area contributed by atoms with Gasteiger partial charge in [0.1, 0.15) is 22.0 Å². The summed E-state index contributed by atoms with van der Waals surface area (Å²) in [6.07, 6.45) is 5.87. The number of ether oxygens (including phenoxy) is 1. The number of carbonyl (C=O) groups excluding carboxylic acids is 1. The Morgan fingerprint density at radius 2 is 2.09 bits per heavy atom. The summed E-state index contributed by atoms with van der Waals surface area (Å²) in [4.78, 5) is 27.2. The summed E-state index contributed by atoms with van der Waals surface area (Å²) in [6.45, 7) is 0.290. The van der Waals surface area contributed by atoms with E-state index in [1.165, 1.54) is 11.3 Å². The highest BCUT2D eigenvalue weighted by molar-refractivity contribution is 7.15. The van der Waals surface area contributed by atoms with Gasteiger partial charge in [-0.3, -0.25) is 4.79 Å². The number of anilines is 1. The second-order valence-electron chi connectivity index (χ2n) is 9.04. The second kappa shape index (κ2) is 9.23. The quantitative estimate of drug-likeness (QED) is 0.326. The number of benzene rings is 1. The second-order valence-corrected chi connectivity index (χ2v) is 10.5. The third-order valence-corrected chi connectivity index (χ3v) is 7.67. The molecule has 0 aliphatic heterocycles. The van der Waals surface area contributed by atoms with Crippen LogP contribution in [0, 0.1) is 0 Å². The number of aromatic amines is 1. The lowest BCUT2D eigenvalue weighted by Crippen LogP contribution is -2.33.